The van der Waals surface area contributed by atoms with E-state index < -0.39 is 0 Å². The highest BCUT2D eigenvalue weighted by Crippen LogP contribution is 2.24. The molecular formula is C22H25N5O. The highest BCUT2D eigenvalue weighted by molar-refractivity contribution is 5.95. The van der Waals surface area contributed by atoms with Crippen molar-refractivity contribution >= 4 is 5.91 Å². The van der Waals surface area contributed by atoms with Gasteiger partial charge in [-0.1, -0.05) is 24.6 Å². The van der Waals surface area contributed by atoms with Crippen LogP contribution in [0.1, 0.15) is 41.2 Å². The van der Waals surface area contributed by atoms with E-state index in [0.29, 0.717) is 12.1 Å². The topological polar surface area (TPSA) is 73.9 Å². The van der Waals surface area contributed by atoms with Gasteiger partial charge >= 0.3 is 0 Å². The Balaban J connectivity index is 1.47. The maximum Gasteiger partial charge on any atom is 0.251 e. The highest BCUT2D eigenvalue weighted by atomic mass is 16.1. The van der Waals surface area contributed by atoms with E-state index in [-0.39, 0.29) is 11.9 Å². The molecule has 4 rings (SSSR count). The van der Waals surface area contributed by atoms with Gasteiger partial charge in [0.15, 0.2) is 0 Å². The Kier molecular flexibility index (Phi) is 5.77. The Morgan fingerprint density at radius 2 is 2.00 bits per heavy atom. The highest BCUT2D eigenvalue weighted by Gasteiger charge is 2.23. The largest absolute Gasteiger partial charge is 0.350 e. The number of amides is 1. The quantitative estimate of drug-likeness (QED) is 0.692. The summed E-state index contributed by atoms with van der Waals surface area (Å²) in [5.41, 5.74) is 3.75. The van der Waals surface area contributed by atoms with Crippen LogP contribution in [0.5, 0.6) is 0 Å². The van der Waals surface area contributed by atoms with Crippen molar-refractivity contribution in [2.24, 2.45) is 0 Å². The van der Waals surface area contributed by atoms with Gasteiger partial charge in [-0.2, -0.15) is 5.10 Å². The second-order valence-electron chi connectivity index (χ2n) is 7.18. The number of carbonyl (C=O) groups excluding carboxylic acids is 1. The van der Waals surface area contributed by atoms with Crippen LogP contribution in [0.3, 0.4) is 0 Å². The summed E-state index contributed by atoms with van der Waals surface area (Å²) >= 11 is 0. The van der Waals surface area contributed by atoms with Gasteiger partial charge < -0.3 is 5.32 Å². The molecule has 2 N–H and O–H groups in total. The number of hydrogen-bond donors (Lipinski definition) is 2. The molecule has 1 fully saturated rings. The number of pyridine rings is 1. The number of aromatic amines is 1. The monoisotopic (exact) mass is 375 g/mol. The van der Waals surface area contributed by atoms with Gasteiger partial charge in [-0.05, 0) is 55.3 Å². The van der Waals surface area contributed by atoms with Gasteiger partial charge in [0.05, 0.1) is 12.2 Å². The van der Waals surface area contributed by atoms with Crippen LogP contribution in [-0.4, -0.2) is 45.6 Å². The van der Waals surface area contributed by atoms with E-state index in [9.17, 15) is 4.79 Å². The molecule has 0 saturated carbocycles. The fraction of sp³-hybridized carbons (Fsp3) is 0.318. The third-order valence-corrected chi connectivity index (χ3v) is 5.31. The minimum absolute atomic E-state index is 0.0590. The number of nitrogens with one attached hydrogen (secondary N) is 2. The number of benzene rings is 1. The number of aromatic nitrogens is 3. The van der Waals surface area contributed by atoms with E-state index in [1.54, 1.807) is 12.4 Å². The number of rotatable bonds is 6. The van der Waals surface area contributed by atoms with Crippen molar-refractivity contribution in [2.45, 2.75) is 25.3 Å². The van der Waals surface area contributed by atoms with Crippen molar-refractivity contribution in [3.63, 3.8) is 0 Å². The van der Waals surface area contributed by atoms with E-state index >= 15 is 0 Å². The summed E-state index contributed by atoms with van der Waals surface area (Å²) < 4.78 is 0. The van der Waals surface area contributed by atoms with Crippen LogP contribution >= 0.6 is 0 Å². The van der Waals surface area contributed by atoms with Crippen LogP contribution in [0.25, 0.3) is 11.1 Å². The molecule has 0 bridgehead atoms. The first-order valence-electron chi connectivity index (χ1n) is 9.82. The lowest BCUT2D eigenvalue weighted by Crippen LogP contribution is -2.40. The summed E-state index contributed by atoms with van der Waals surface area (Å²) in [5.74, 6) is -0.0590. The Morgan fingerprint density at radius 3 is 2.75 bits per heavy atom. The molecule has 6 nitrogen and oxygen atoms in total. The van der Waals surface area contributed by atoms with Crippen molar-refractivity contribution in [1.82, 2.24) is 25.4 Å². The predicted octanol–water partition coefficient (Wildman–Crippen LogP) is 3.43. The van der Waals surface area contributed by atoms with E-state index in [2.05, 4.69) is 31.5 Å². The standard InChI is InChI=1S/C22H25N5O/c28-22(18-7-4-6-17(12-18)20-14-25-26-15-20)24-16-21(19-8-5-9-23-13-19)27-10-2-1-3-11-27/h4-9,12-15,21H,1-3,10-11,16H2,(H,24,28)(H,25,26). The van der Waals surface area contributed by atoms with Gasteiger partial charge in [0.1, 0.15) is 0 Å². The molecule has 1 amide bonds. The lowest BCUT2D eigenvalue weighted by molar-refractivity contribution is 0.0924. The molecule has 3 aromatic rings. The number of nitrogens with zero attached hydrogens (tertiary/aromatic N) is 3. The number of H-pyrrole nitrogens is 1. The van der Waals surface area contributed by atoms with Gasteiger partial charge in [0.2, 0.25) is 0 Å². The first-order chi connectivity index (χ1) is 13.8. The second-order valence-corrected chi connectivity index (χ2v) is 7.18. The van der Waals surface area contributed by atoms with Crippen LogP contribution < -0.4 is 5.32 Å². The van der Waals surface area contributed by atoms with Crippen LogP contribution in [0.4, 0.5) is 0 Å². The zero-order valence-electron chi connectivity index (χ0n) is 15.8. The van der Waals surface area contributed by atoms with Crippen LogP contribution in [0, 0.1) is 0 Å². The Labute approximate surface area is 165 Å². The van der Waals surface area contributed by atoms with Gasteiger partial charge in [0, 0.05) is 36.3 Å². The van der Waals surface area contributed by atoms with E-state index in [1.165, 1.54) is 19.3 Å². The van der Waals surface area contributed by atoms with Crippen molar-refractivity contribution in [3.8, 4) is 11.1 Å². The van der Waals surface area contributed by atoms with Gasteiger partial charge in [-0.25, -0.2) is 0 Å². The smallest absolute Gasteiger partial charge is 0.251 e. The van der Waals surface area contributed by atoms with Crippen LogP contribution in [0.15, 0.2) is 61.2 Å². The maximum atomic E-state index is 12.8. The predicted molar refractivity (Wildman–Crippen MR) is 109 cm³/mol. The lowest BCUT2D eigenvalue weighted by Gasteiger charge is -2.34. The Hall–Kier alpha value is -2.99. The van der Waals surface area contributed by atoms with Crippen LogP contribution in [0.2, 0.25) is 0 Å². The van der Waals surface area contributed by atoms with E-state index in [1.807, 2.05) is 42.7 Å². The SMILES string of the molecule is O=C(NCC(c1cccnc1)N1CCCCC1)c1cccc(-c2cn[nH]c2)c1. The zero-order chi connectivity index (χ0) is 19.2. The minimum Gasteiger partial charge on any atom is -0.350 e. The first-order valence-corrected chi connectivity index (χ1v) is 9.82. The molecule has 1 atom stereocenters. The fourth-order valence-corrected chi connectivity index (χ4v) is 3.80. The van der Waals surface area contributed by atoms with E-state index in [0.717, 1.165) is 29.8 Å². The average molecular weight is 375 g/mol. The molecule has 2 aromatic heterocycles. The molecular weight excluding hydrogens is 350 g/mol. The Bertz CT molecular complexity index is 888. The minimum atomic E-state index is -0.0590. The van der Waals surface area contributed by atoms with E-state index in [4.69, 9.17) is 0 Å². The molecule has 3 heterocycles. The summed E-state index contributed by atoms with van der Waals surface area (Å²) in [7, 11) is 0. The molecule has 0 spiro atoms. The second kappa shape index (κ2) is 8.80. The van der Waals surface area contributed by atoms with Crippen molar-refractivity contribution < 1.29 is 4.79 Å². The zero-order valence-corrected chi connectivity index (χ0v) is 15.8. The van der Waals surface area contributed by atoms with Gasteiger partial charge in [0.25, 0.3) is 5.91 Å². The summed E-state index contributed by atoms with van der Waals surface area (Å²) in [6.07, 6.45) is 11.0. The summed E-state index contributed by atoms with van der Waals surface area (Å²) in [5, 5.41) is 9.93. The molecule has 0 radical (unpaired) electrons. The lowest BCUT2D eigenvalue weighted by atomic mass is 10.0. The number of hydrogen-bond acceptors (Lipinski definition) is 4. The third kappa shape index (κ3) is 4.28. The molecule has 28 heavy (non-hydrogen) atoms. The Morgan fingerprint density at radius 1 is 1.11 bits per heavy atom. The van der Waals surface area contributed by atoms with Crippen molar-refractivity contribution in [2.75, 3.05) is 19.6 Å². The normalized spacial score (nSPS) is 15.9. The van der Waals surface area contributed by atoms with Gasteiger partial charge in [-0.3, -0.25) is 19.8 Å². The first kappa shape index (κ1) is 18.4. The fourth-order valence-electron chi connectivity index (χ4n) is 3.80. The molecule has 1 aromatic carbocycles. The summed E-state index contributed by atoms with van der Waals surface area (Å²) in [6.45, 7) is 2.69. The molecule has 1 unspecified atom stereocenters. The molecule has 1 aliphatic rings. The summed E-state index contributed by atoms with van der Waals surface area (Å²) in [6, 6.07) is 11.8. The maximum absolute atomic E-state index is 12.8. The number of carbonyl (C=O) groups is 1. The van der Waals surface area contributed by atoms with Crippen molar-refractivity contribution in [3.05, 3.63) is 72.3 Å². The molecule has 144 valence electrons. The molecule has 6 heteroatoms. The van der Waals surface area contributed by atoms with Crippen LogP contribution in [-0.2, 0) is 0 Å². The average Bonchev–Trinajstić information content (AvgIpc) is 3.30. The summed E-state index contributed by atoms with van der Waals surface area (Å²) in [4.78, 5) is 19.6. The number of piperidine rings is 1. The van der Waals surface area contributed by atoms with Crippen molar-refractivity contribution in [1.29, 1.82) is 0 Å². The molecule has 1 saturated heterocycles. The third-order valence-electron chi connectivity index (χ3n) is 5.31. The molecule has 1 aliphatic heterocycles. The van der Waals surface area contributed by atoms with Gasteiger partial charge in [-0.15, -0.1) is 0 Å². The number of likely N-dealkylation sites (tertiary alicyclic amines) is 1. The molecule has 0 aliphatic carbocycles.